The van der Waals surface area contributed by atoms with Gasteiger partial charge in [-0.1, -0.05) is 138 Å². The Morgan fingerprint density at radius 1 is 0.674 bits per heavy atom. The van der Waals surface area contributed by atoms with Crippen LogP contribution in [0.5, 0.6) is 0 Å². The van der Waals surface area contributed by atoms with E-state index in [1.165, 1.54) is 38.5 Å². The maximum atomic E-state index is 12.1. The molecular weight excluding hydrogens is 540 g/mol. The normalized spacial score (nSPS) is 13.9. The summed E-state index contributed by atoms with van der Waals surface area (Å²) < 4.78 is 10.4. The van der Waals surface area contributed by atoms with Crippen molar-refractivity contribution >= 4 is 11.9 Å². The fourth-order valence-corrected chi connectivity index (χ4v) is 4.07. The van der Waals surface area contributed by atoms with Crippen LogP contribution in [-0.2, 0) is 19.1 Å². The molecule has 0 rings (SSSR count). The highest BCUT2D eigenvalue weighted by atomic mass is 16.6. The van der Waals surface area contributed by atoms with Crippen molar-refractivity contribution in [1.29, 1.82) is 0 Å². The minimum Gasteiger partial charge on any atom is -0.462 e. The van der Waals surface area contributed by atoms with Gasteiger partial charge in [-0.2, -0.15) is 0 Å². The average Bonchev–Trinajstić information content (AvgIpc) is 3.00. The van der Waals surface area contributed by atoms with Gasteiger partial charge in [0.2, 0.25) is 0 Å². The molecule has 0 aromatic heterocycles. The Kier molecular flexibility index (Phi) is 30.2. The molecule has 0 fully saturated rings. The summed E-state index contributed by atoms with van der Waals surface area (Å²) in [7, 11) is 0. The van der Waals surface area contributed by atoms with E-state index >= 15 is 0 Å². The zero-order valence-corrected chi connectivity index (χ0v) is 27.0. The van der Waals surface area contributed by atoms with Crippen molar-refractivity contribution in [1.82, 2.24) is 0 Å². The number of aliphatic hydroxyl groups is 2. The molecule has 1 unspecified atom stereocenters. The Hall–Kier alpha value is -2.70. The quantitative estimate of drug-likeness (QED) is 0.0403. The van der Waals surface area contributed by atoms with Crippen LogP contribution in [-0.4, -0.2) is 47.6 Å². The Labute approximate surface area is 262 Å². The molecule has 0 aromatic rings. The fraction of sp³-hybridized carbons (Fsp3) is 0.622. The molecule has 0 saturated carbocycles. The smallest absolute Gasteiger partial charge is 0.306 e. The number of aliphatic hydroxyl groups excluding tert-OH is 2. The summed E-state index contributed by atoms with van der Waals surface area (Å²) in [6.45, 7) is 3.82. The molecule has 244 valence electrons. The van der Waals surface area contributed by atoms with Crippen molar-refractivity contribution in [2.45, 2.75) is 135 Å². The van der Waals surface area contributed by atoms with Crippen molar-refractivity contribution in [2.24, 2.45) is 0 Å². The Balaban J connectivity index is 3.90. The first-order valence-electron chi connectivity index (χ1n) is 16.6. The van der Waals surface area contributed by atoms with Gasteiger partial charge >= 0.3 is 11.9 Å². The van der Waals surface area contributed by atoms with Gasteiger partial charge < -0.3 is 19.7 Å². The van der Waals surface area contributed by atoms with Crippen LogP contribution in [0.4, 0.5) is 0 Å². The highest BCUT2D eigenvalue weighted by Crippen LogP contribution is 2.11. The van der Waals surface area contributed by atoms with Crippen LogP contribution in [0.1, 0.15) is 123 Å². The van der Waals surface area contributed by atoms with E-state index in [2.05, 4.69) is 50.3 Å². The molecule has 0 heterocycles. The predicted octanol–water partition coefficient (Wildman–Crippen LogP) is 8.80. The Bertz CT molecular complexity index is 836. The van der Waals surface area contributed by atoms with Crippen LogP contribution in [0.25, 0.3) is 0 Å². The first-order valence-corrected chi connectivity index (χ1v) is 16.6. The van der Waals surface area contributed by atoms with Gasteiger partial charge in [-0.3, -0.25) is 9.59 Å². The number of allylic oxidation sites excluding steroid dienone is 10. The third kappa shape index (κ3) is 30.6. The molecular formula is C37H60O6. The molecule has 0 saturated heterocycles. The van der Waals surface area contributed by atoms with Crippen molar-refractivity contribution in [2.75, 3.05) is 13.2 Å². The highest BCUT2D eigenvalue weighted by Gasteiger charge is 2.15. The third-order valence-electron chi connectivity index (χ3n) is 6.61. The number of hydrogen-bond donors (Lipinski definition) is 2. The maximum Gasteiger partial charge on any atom is 0.306 e. The van der Waals surface area contributed by atoms with E-state index in [1.54, 1.807) is 6.08 Å². The fourth-order valence-electron chi connectivity index (χ4n) is 4.07. The standard InChI is InChI=1S/C37H60O6/c1-3-5-7-9-11-13-14-15-16-18-19-21-24-28-34(39)29-25-23-27-31-37(41)43-35(32-38)33-42-36(40)30-26-22-20-17-12-10-8-6-4-2/h5,7,11,13,15-16,19,21,23-25,28,34-35,38-39H,3-4,6,8-10,12,14,17-18,20,22,26-27,29-33H2,1-2H3/b7-5-,13-11-,16-15-,21-19-,25-23-,28-24-/t34?,35-/m0/s1. The average molecular weight is 601 g/mol. The maximum absolute atomic E-state index is 12.1. The van der Waals surface area contributed by atoms with Gasteiger partial charge in [-0.15, -0.1) is 0 Å². The molecule has 2 atom stereocenters. The van der Waals surface area contributed by atoms with E-state index < -0.39 is 24.8 Å². The van der Waals surface area contributed by atoms with Crippen LogP contribution in [0.15, 0.2) is 72.9 Å². The van der Waals surface area contributed by atoms with Gasteiger partial charge in [0.05, 0.1) is 12.7 Å². The van der Waals surface area contributed by atoms with E-state index in [4.69, 9.17) is 9.47 Å². The monoisotopic (exact) mass is 600 g/mol. The van der Waals surface area contributed by atoms with Crippen molar-refractivity contribution in [3.05, 3.63) is 72.9 Å². The van der Waals surface area contributed by atoms with Crippen molar-refractivity contribution < 1.29 is 29.3 Å². The summed E-state index contributed by atoms with van der Waals surface area (Å²) in [4.78, 5) is 24.0. The Morgan fingerprint density at radius 3 is 1.91 bits per heavy atom. The van der Waals surface area contributed by atoms with Gasteiger partial charge in [-0.05, 0) is 44.9 Å². The van der Waals surface area contributed by atoms with Crippen LogP contribution in [0, 0.1) is 0 Å². The lowest BCUT2D eigenvalue weighted by atomic mass is 10.1. The van der Waals surface area contributed by atoms with E-state index in [0.717, 1.165) is 44.9 Å². The van der Waals surface area contributed by atoms with Gasteiger partial charge in [-0.25, -0.2) is 0 Å². The lowest BCUT2D eigenvalue weighted by Gasteiger charge is -2.15. The molecule has 0 amide bonds. The topological polar surface area (TPSA) is 93.1 Å². The number of carbonyl (C=O) groups excluding carboxylic acids is 2. The van der Waals surface area contributed by atoms with Crippen LogP contribution in [0.2, 0.25) is 0 Å². The number of carbonyl (C=O) groups is 2. The first-order chi connectivity index (χ1) is 21.0. The first kappa shape index (κ1) is 40.3. The second kappa shape index (κ2) is 32.2. The largest absolute Gasteiger partial charge is 0.462 e. The molecule has 0 aliphatic heterocycles. The molecule has 0 aliphatic rings. The summed E-state index contributed by atoms with van der Waals surface area (Å²) in [6.07, 6.45) is 38.5. The van der Waals surface area contributed by atoms with E-state index in [0.29, 0.717) is 19.3 Å². The second-order valence-corrected chi connectivity index (χ2v) is 10.7. The molecule has 0 bridgehead atoms. The van der Waals surface area contributed by atoms with Gasteiger partial charge in [0.15, 0.2) is 6.10 Å². The minimum atomic E-state index is -0.853. The Morgan fingerprint density at radius 2 is 1.28 bits per heavy atom. The summed E-state index contributed by atoms with van der Waals surface area (Å²) in [6, 6.07) is 0. The van der Waals surface area contributed by atoms with Gasteiger partial charge in [0.25, 0.3) is 0 Å². The van der Waals surface area contributed by atoms with Crippen molar-refractivity contribution in [3.8, 4) is 0 Å². The summed E-state index contributed by atoms with van der Waals surface area (Å²) in [5.74, 6) is -0.784. The zero-order chi connectivity index (χ0) is 31.6. The third-order valence-corrected chi connectivity index (χ3v) is 6.61. The predicted molar refractivity (Wildman–Crippen MR) is 179 cm³/mol. The number of unbranched alkanes of at least 4 members (excludes halogenated alkanes) is 8. The second-order valence-electron chi connectivity index (χ2n) is 10.7. The molecule has 0 spiro atoms. The molecule has 43 heavy (non-hydrogen) atoms. The lowest BCUT2D eigenvalue weighted by molar-refractivity contribution is -0.161. The van der Waals surface area contributed by atoms with Crippen LogP contribution in [0.3, 0.4) is 0 Å². The summed E-state index contributed by atoms with van der Waals surface area (Å²) in [5, 5.41) is 19.5. The number of rotatable bonds is 28. The SMILES string of the molecule is CC/C=C\C/C=C\C/C=C\C/C=C\C=C/C(O)C/C=C\CCC(=O)O[C@@H](CO)COC(=O)CCCCCCCCCCC. The van der Waals surface area contributed by atoms with Crippen LogP contribution >= 0.6 is 0 Å². The number of hydrogen-bond acceptors (Lipinski definition) is 6. The van der Waals surface area contributed by atoms with Gasteiger partial charge in [0.1, 0.15) is 6.61 Å². The molecule has 6 heteroatoms. The molecule has 0 aliphatic carbocycles. The highest BCUT2D eigenvalue weighted by molar-refractivity contribution is 5.70. The molecule has 0 radical (unpaired) electrons. The van der Waals surface area contributed by atoms with Crippen molar-refractivity contribution in [3.63, 3.8) is 0 Å². The van der Waals surface area contributed by atoms with E-state index in [1.807, 2.05) is 30.4 Å². The minimum absolute atomic E-state index is 0.133. The molecule has 6 nitrogen and oxygen atoms in total. The number of esters is 2. The number of ether oxygens (including phenoxy) is 2. The molecule has 0 aromatic carbocycles. The van der Waals surface area contributed by atoms with E-state index in [-0.39, 0.29) is 19.0 Å². The summed E-state index contributed by atoms with van der Waals surface area (Å²) in [5.41, 5.74) is 0. The zero-order valence-electron chi connectivity index (χ0n) is 27.0. The van der Waals surface area contributed by atoms with E-state index in [9.17, 15) is 19.8 Å². The summed E-state index contributed by atoms with van der Waals surface area (Å²) >= 11 is 0. The molecule has 2 N–H and O–H groups in total. The van der Waals surface area contributed by atoms with Crippen LogP contribution < -0.4 is 0 Å². The van der Waals surface area contributed by atoms with Gasteiger partial charge in [0, 0.05) is 12.8 Å². The lowest BCUT2D eigenvalue weighted by Crippen LogP contribution is -2.28.